The third kappa shape index (κ3) is 2.66. The van der Waals surface area contributed by atoms with Crippen molar-refractivity contribution in [3.05, 3.63) is 76.2 Å². The van der Waals surface area contributed by atoms with E-state index in [-0.39, 0.29) is 22.4 Å². The molecule has 26 heavy (non-hydrogen) atoms. The van der Waals surface area contributed by atoms with Crippen molar-refractivity contribution < 1.29 is 14.6 Å². The highest BCUT2D eigenvalue weighted by Crippen LogP contribution is 2.31. The Morgan fingerprint density at radius 3 is 2.62 bits per heavy atom. The van der Waals surface area contributed by atoms with Crippen LogP contribution in [0.1, 0.15) is 0 Å². The van der Waals surface area contributed by atoms with Crippen LogP contribution >= 0.6 is 11.6 Å². The molecule has 0 aliphatic rings. The number of hydrogen-bond acceptors (Lipinski definition) is 4. The van der Waals surface area contributed by atoms with Gasteiger partial charge in [0.1, 0.15) is 5.52 Å². The number of hydrogen-bond donors (Lipinski definition) is 1. The molecule has 1 N–H and O–H groups in total. The van der Waals surface area contributed by atoms with E-state index in [1.54, 1.807) is 42.5 Å². The zero-order valence-corrected chi connectivity index (χ0v) is 14.0. The number of rotatable bonds is 2. The second kappa shape index (κ2) is 6.16. The van der Waals surface area contributed by atoms with Crippen molar-refractivity contribution in [3.8, 4) is 16.9 Å². The molecular weight excluding hydrogens is 356 g/mol. The lowest BCUT2D eigenvalue weighted by molar-refractivity contribution is 0.145. The summed E-state index contributed by atoms with van der Waals surface area (Å²) in [4.78, 5) is 24.2. The van der Waals surface area contributed by atoms with Crippen molar-refractivity contribution in [2.24, 2.45) is 0 Å². The number of benzene rings is 2. The van der Waals surface area contributed by atoms with E-state index in [0.717, 1.165) is 4.52 Å². The molecule has 0 aliphatic carbocycles. The first-order valence-electron chi connectivity index (χ1n) is 7.65. The number of fused-ring (bicyclic) bond motifs is 3. The van der Waals surface area contributed by atoms with Gasteiger partial charge in [-0.15, -0.1) is 0 Å². The summed E-state index contributed by atoms with van der Waals surface area (Å²) in [5, 5.41) is 15.0. The largest absolute Gasteiger partial charge is 0.511 e. The van der Waals surface area contributed by atoms with Gasteiger partial charge in [-0.3, -0.25) is 4.79 Å². The molecule has 0 atom stereocenters. The number of aromatic nitrogens is 2. The van der Waals surface area contributed by atoms with Crippen molar-refractivity contribution in [2.45, 2.75) is 0 Å². The predicted molar refractivity (Wildman–Crippen MR) is 98.1 cm³/mol. The van der Waals surface area contributed by atoms with E-state index in [1.807, 2.05) is 6.07 Å². The Labute approximate surface area is 151 Å². The minimum absolute atomic E-state index is 0.0105. The smallest absolute Gasteiger partial charge is 0.449 e. The van der Waals surface area contributed by atoms with Gasteiger partial charge in [-0.25, -0.2) is 4.79 Å². The molecule has 0 bridgehead atoms. The molecule has 0 unspecified atom stereocenters. The number of carbonyl (C=O) groups is 1. The maximum absolute atomic E-state index is 13.0. The van der Waals surface area contributed by atoms with Crippen LogP contribution in [0.4, 0.5) is 4.79 Å². The second-order valence-corrected chi connectivity index (χ2v) is 6.03. The second-order valence-electron chi connectivity index (χ2n) is 5.60. The summed E-state index contributed by atoms with van der Waals surface area (Å²) in [5.41, 5.74) is 0.784. The lowest BCUT2D eigenvalue weighted by Crippen LogP contribution is -2.20. The molecule has 7 heteroatoms. The van der Waals surface area contributed by atoms with Crippen LogP contribution in [-0.2, 0) is 0 Å². The molecule has 2 aromatic carbocycles. The molecule has 0 spiro atoms. The molecule has 6 nitrogen and oxygen atoms in total. The average Bonchev–Trinajstić information content (AvgIpc) is 2.63. The zero-order valence-electron chi connectivity index (χ0n) is 13.2. The lowest BCUT2D eigenvalue weighted by atomic mass is 10.1. The SMILES string of the molecule is O=C(O)Oc1cc(-c2ccccc2)c(=O)n2ncc3ccc(Cl)cc3c12. The Hall–Kier alpha value is -3.38. The Kier molecular flexibility index (Phi) is 3.82. The average molecular weight is 367 g/mol. The highest BCUT2D eigenvalue weighted by molar-refractivity contribution is 6.31. The van der Waals surface area contributed by atoms with Gasteiger partial charge in [0.05, 0.1) is 11.8 Å². The summed E-state index contributed by atoms with van der Waals surface area (Å²) in [5.74, 6) is 0.0105. The van der Waals surface area contributed by atoms with Crippen LogP contribution < -0.4 is 10.3 Å². The summed E-state index contributed by atoms with van der Waals surface area (Å²) in [6.07, 6.45) is 0.0444. The van der Waals surface area contributed by atoms with Crippen molar-refractivity contribution in [2.75, 3.05) is 0 Å². The van der Waals surface area contributed by atoms with Crippen LogP contribution in [0.3, 0.4) is 0 Å². The van der Waals surface area contributed by atoms with Gasteiger partial charge in [-0.05, 0) is 23.8 Å². The van der Waals surface area contributed by atoms with Crippen LogP contribution in [0.25, 0.3) is 27.4 Å². The first kappa shape index (κ1) is 16.1. The highest BCUT2D eigenvalue weighted by Gasteiger charge is 2.17. The quantitative estimate of drug-likeness (QED) is 0.424. The summed E-state index contributed by atoms with van der Waals surface area (Å²) in [6.45, 7) is 0. The number of halogens is 1. The van der Waals surface area contributed by atoms with E-state index >= 15 is 0 Å². The van der Waals surface area contributed by atoms with E-state index in [4.69, 9.17) is 21.4 Å². The first-order chi connectivity index (χ1) is 12.5. The molecule has 4 aromatic rings. The summed E-state index contributed by atoms with van der Waals surface area (Å²) in [6, 6.07) is 15.4. The molecule has 2 heterocycles. The van der Waals surface area contributed by atoms with Gasteiger partial charge in [0.2, 0.25) is 0 Å². The Morgan fingerprint density at radius 2 is 1.88 bits per heavy atom. The molecule has 4 rings (SSSR count). The van der Waals surface area contributed by atoms with E-state index in [9.17, 15) is 9.59 Å². The van der Waals surface area contributed by atoms with Crippen molar-refractivity contribution in [1.29, 1.82) is 0 Å². The minimum Gasteiger partial charge on any atom is -0.449 e. The fraction of sp³-hybridized carbons (Fsp3) is 0. The molecule has 0 amide bonds. The number of nitrogens with zero attached hydrogens (tertiary/aromatic N) is 2. The molecular formula is C19H11ClN2O4. The summed E-state index contributed by atoms with van der Waals surface area (Å²) >= 11 is 6.08. The van der Waals surface area contributed by atoms with Gasteiger partial charge in [-0.2, -0.15) is 9.61 Å². The fourth-order valence-corrected chi connectivity index (χ4v) is 3.07. The molecule has 2 aromatic heterocycles. The standard InChI is InChI=1S/C19H11ClN2O4/c20-13-7-6-12-10-21-22-17(14(12)8-13)16(26-19(24)25)9-15(18(22)23)11-4-2-1-3-5-11/h1-10H,(H,24,25). The van der Waals surface area contributed by atoms with Gasteiger partial charge >= 0.3 is 6.16 Å². The van der Waals surface area contributed by atoms with Crippen LogP contribution in [0.5, 0.6) is 5.75 Å². The third-order valence-corrected chi connectivity index (χ3v) is 4.24. The van der Waals surface area contributed by atoms with Gasteiger partial charge in [0.15, 0.2) is 5.75 Å². The maximum Gasteiger partial charge on any atom is 0.511 e. The number of ether oxygens (including phenoxy) is 1. The number of pyridine rings is 1. The van der Waals surface area contributed by atoms with Crippen LogP contribution in [0.15, 0.2) is 65.6 Å². The first-order valence-corrected chi connectivity index (χ1v) is 8.03. The predicted octanol–water partition coefficient (Wildman–Crippen LogP) is 4.22. The zero-order chi connectivity index (χ0) is 18.3. The van der Waals surface area contributed by atoms with E-state index < -0.39 is 6.16 Å². The monoisotopic (exact) mass is 366 g/mol. The van der Waals surface area contributed by atoms with Crippen LogP contribution in [0, 0.1) is 0 Å². The van der Waals surface area contributed by atoms with Gasteiger partial charge < -0.3 is 9.84 Å². The molecule has 0 radical (unpaired) electrons. The molecule has 0 aliphatic heterocycles. The van der Waals surface area contributed by atoms with Crippen LogP contribution in [0.2, 0.25) is 5.02 Å². The summed E-state index contributed by atoms with van der Waals surface area (Å²) in [7, 11) is 0. The van der Waals surface area contributed by atoms with E-state index in [1.165, 1.54) is 12.3 Å². The Balaban J connectivity index is 2.16. The van der Waals surface area contributed by atoms with E-state index in [2.05, 4.69) is 5.10 Å². The molecule has 0 fully saturated rings. The minimum atomic E-state index is -1.48. The molecule has 0 saturated heterocycles. The normalized spacial score (nSPS) is 11.0. The topological polar surface area (TPSA) is 80.9 Å². The van der Waals surface area contributed by atoms with Gasteiger partial charge in [0.25, 0.3) is 5.56 Å². The third-order valence-electron chi connectivity index (χ3n) is 4.01. The van der Waals surface area contributed by atoms with Crippen molar-refractivity contribution >= 4 is 34.0 Å². The van der Waals surface area contributed by atoms with Crippen molar-refractivity contribution in [3.63, 3.8) is 0 Å². The maximum atomic E-state index is 13.0. The van der Waals surface area contributed by atoms with Crippen LogP contribution in [-0.4, -0.2) is 20.9 Å². The van der Waals surface area contributed by atoms with Crippen molar-refractivity contribution in [1.82, 2.24) is 9.61 Å². The Bertz CT molecular complexity index is 1220. The summed E-state index contributed by atoms with van der Waals surface area (Å²) < 4.78 is 6.10. The Morgan fingerprint density at radius 1 is 1.12 bits per heavy atom. The highest BCUT2D eigenvalue weighted by atomic mass is 35.5. The lowest BCUT2D eigenvalue weighted by Gasteiger charge is -2.12. The van der Waals surface area contributed by atoms with E-state index in [0.29, 0.717) is 21.4 Å². The fourth-order valence-electron chi connectivity index (χ4n) is 2.90. The van der Waals surface area contributed by atoms with Gasteiger partial charge in [-0.1, -0.05) is 48.0 Å². The molecule has 0 saturated carbocycles. The molecule has 128 valence electrons. The van der Waals surface area contributed by atoms with Gasteiger partial charge in [0, 0.05) is 15.8 Å². The number of carboxylic acid groups (broad SMARTS) is 1.